The average Bonchev–Trinajstić information content (AvgIpc) is 2.60. The molecule has 0 spiro atoms. The van der Waals surface area contributed by atoms with Crippen molar-refractivity contribution in [2.24, 2.45) is 17.8 Å². The van der Waals surface area contributed by atoms with Crippen LogP contribution in [0.5, 0.6) is 0 Å². The van der Waals surface area contributed by atoms with Gasteiger partial charge in [-0.25, -0.2) is 4.79 Å². The van der Waals surface area contributed by atoms with Gasteiger partial charge in [-0.05, 0) is 68.4 Å². The Morgan fingerprint density at radius 1 is 1.04 bits per heavy atom. The summed E-state index contributed by atoms with van der Waals surface area (Å²) >= 11 is 0. The summed E-state index contributed by atoms with van der Waals surface area (Å²) < 4.78 is 0. The predicted molar refractivity (Wildman–Crippen MR) is 105 cm³/mol. The second-order valence-corrected chi connectivity index (χ2v) is 8.99. The predicted octanol–water partition coefficient (Wildman–Crippen LogP) is 3.30. The quantitative estimate of drug-likeness (QED) is 0.809. The number of carbonyl (C=O) groups is 2. The lowest BCUT2D eigenvalue weighted by molar-refractivity contribution is -0.121. The highest BCUT2D eigenvalue weighted by Gasteiger charge is 2.51. The molecule has 146 valence electrons. The zero-order chi connectivity index (χ0) is 18.9. The molecule has 0 aromatic heterocycles. The number of likely N-dealkylation sites (N-methyl/N-ethyl adjacent to an activating group) is 1. The number of benzene rings is 1. The Kier molecular flexibility index (Phi) is 5.22. The van der Waals surface area contributed by atoms with Gasteiger partial charge in [0.2, 0.25) is 5.91 Å². The molecule has 0 aliphatic heterocycles. The Morgan fingerprint density at radius 3 is 2.19 bits per heavy atom. The van der Waals surface area contributed by atoms with Crippen LogP contribution in [-0.2, 0) is 11.3 Å². The molecule has 4 fully saturated rings. The van der Waals surface area contributed by atoms with E-state index in [0.717, 1.165) is 43.6 Å². The molecule has 4 saturated carbocycles. The lowest BCUT2D eigenvalue weighted by Gasteiger charge is -2.56. The SMILES string of the molecule is CCN(CC(=O)NC(=O)NC12CC3CC(CC(C3)C1)C2)Cc1ccccc1. The van der Waals surface area contributed by atoms with Crippen LogP contribution in [0.1, 0.15) is 51.0 Å². The normalized spacial score (nSPS) is 31.1. The van der Waals surface area contributed by atoms with Gasteiger partial charge in [-0.1, -0.05) is 37.3 Å². The molecule has 4 bridgehead atoms. The van der Waals surface area contributed by atoms with Gasteiger partial charge in [0.1, 0.15) is 0 Å². The van der Waals surface area contributed by atoms with E-state index >= 15 is 0 Å². The molecule has 0 atom stereocenters. The number of amides is 3. The monoisotopic (exact) mass is 369 g/mol. The minimum absolute atomic E-state index is 0.0619. The van der Waals surface area contributed by atoms with E-state index in [1.54, 1.807) is 0 Å². The summed E-state index contributed by atoms with van der Waals surface area (Å²) in [6, 6.07) is 9.80. The number of nitrogens with one attached hydrogen (secondary N) is 2. The molecule has 1 aromatic carbocycles. The molecule has 0 heterocycles. The Hall–Kier alpha value is -1.88. The van der Waals surface area contributed by atoms with E-state index < -0.39 is 0 Å². The fourth-order valence-corrected chi connectivity index (χ4v) is 6.03. The van der Waals surface area contributed by atoms with Gasteiger partial charge in [0.15, 0.2) is 0 Å². The maximum absolute atomic E-state index is 12.5. The lowest BCUT2D eigenvalue weighted by Crippen LogP contribution is -2.62. The zero-order valence-electron chi connectivity index (χ0n) is 16.2. The van der Waals surface area contributed by atoms with Gasteiger partial charge >= 0.3 is 6.03 Å². The summed E-state index contributed by atoms with van der Waals surface area (Å²) in [4.78, 5) is 26.9. The van der Waals surface area contributed by atoms with Crippen LogP contribution in [0.3, 0.4) is 0 Å². The van der Waals surface area contributed by atoms with Crippen molar-refractivity contribution in [2.75, 3.05) is 13.1 Å². The molecule has 3 amide bonds. The van der Waals surface area contributed by atoms with Gasteiger partial charge in [-0.15, -0.1) is 0 Å². The molecule has 27 heavy (non-hydrogen) atoms. The molecule has 5 rings (SSSR count). The fourth-order valence-electron chi connectivity index (χ4n) is 6.03. The Balaban J connectivity index is 1.28. The third-order valence-electron chi connectivity index (χ3n) is 6.73. The van der Waals surface area contributed by atoms with Crippen molar-refractivity contribution in [3.8, 4) is 0 Å². The summed E-state index contributed by atoms with van der Waals surface area (Å²) in [6.07, 6.45) is 7.30. The first-order valence-electron chi connectivity index (χ1n) is 10.4. The highest BCUT2D eigenvalue weighted by Crippen LogP contribution is 2.55. The summed E-state index contributed by atoms with van der Waals surface area (Å²) in [6.45, 7) is 3.74. The number of hydrogen-bond donors (Lipinski definition) is 2. The van der Waals surface area contributed by atoms with Crippen LogP contribution >= 0.6 is 0 Å². The second-order valence-electron chi connectivity index (χ2n) is 8.99. The first kappa shape index (κ1) is 18.5. The molecule has 2 N–H and O–H groups in total. The van der Waals surface area contributed by atoms with Gasteiger partial charge < -0.3 is 5.32 Å². The average molecular weight is 370 g/mol. The standard InChI is InChI=1S/C22H31N3O2/c1-2-25(14-16-6-4-3-5-7-16)15-20(26)23-21(27)24-22-11-17-8-18(12-22)10-19(9-17)13-22/h3-7,17-19H,2,8-15H2,1H3,(H2,23,24,26,27). The van der Waals surface area contributed by atoms with Crippen molar-refractivity contribution in [3.63, 3.8) is 0 Å². The Bertz CT molecular complexity index is 653. The molecule has 0 saturated heterocycles. The molecule has 5 nitrogen and oxygen atoms in total. The molecule has 4 aliphatic rings. The van der Waals surface area contributed by atoms with Crippen LogP contribution < -0.4 is 10.6 Å². The molecule has 4 aliphatic carbocycles. The largest absolute Gasteiger partial charge is 0.332 e. The first-order valence-corrected chi connectivity index (χ1v) is 10.4. The van der Waals surface area contributed by atoms with Crippen molar-refractivity contribution in [1.29, 1.82) is 0 Å². The highest BCUT2D eigenvalue weighted by molar-refractivity contribution is 5.95. The fraction of sp³-hybridized carbons (Fsp3) is 0.636. The lowest BCUT2D eigenvalue weighted by atomic mass is 9.53. The number of rotatable bonds is 6. The van der Waals surface area contributed by atoms with E-state index in [1.807, 2.05) is 30.0 Å². The molecule has 5 heteroatoms. The maximum atomic E-state index is 12.5. The van der Waals surface area contributed by atoms with E-state index in [4.69, 9.17) is 0 Å². The van der Waals surface area contributed by atoms with Crippen LogP contribution in [0.25, 0.3) is 0 Å². The molecular formula is C22H31N3O2. The Morgan fingerprint density at radius 2 is 1.63 bits per heavy atom. The zero-order valence-corrected chi connectivity index (χ0v) is 16.2. The van der Waals surface area contributed by atoms with Crippen LogP contribution in [0, 0.1) is 17.8 Å². The van der Waals surface area contributed by atoms with Crippen LogP contribution in [0.2, 0.25) is 0 Å². The van der Waals surface area contributed by atoms with Gasteiger partial charge in [-0.2, -0.15) is 0 Å². The van der Waals surface area contributed by atoms with Crippen molar-refractivity contribution in [3.05, 3.63) is 35.9 Å². The van der Waals surface area contributed by atoms with Crippen LogP contribution in [0.15, 0.2) is 30.3 Å². The smallest absolute Gasteiger partial charge is 0.321 e. The van der Waals surface area contributed by atoms with E-state index in [0.29, 0.717) is 6.54 Å². The minimum Gasteiger partial charge on any atom is -0.332 e. The van der Waals surface area contributed by atoms with Gasteiger partial charge in [0.05, 0.1) is 6.54 Å². The van der Waals surface area contributed by atoms with E-state index in [1.165, 1.54) is 24.8 Å². The topological polar surface area (TPSA) is 61.4 Å². The number of nitrogens with zero attached hydrogens (tertiary/aromatic N) is 1. The van der Waals surface area contributed by atoms with Gasteiger partial charge in [0.25, 0.3) is 0 Å². The highest BCUT2D eigenvalue weighted by atomic mass is 16.2. The summed E-state index contributed by atoms with van der Waals surface area (Å²) in [5.74, 6) is 2.09. The molecular weight excluding hydrogens is 338 g/mol. The number of imide groups is 1. The molecule has 1 aromatic rings. The van der Waals surface area contributed by atoms with Crippen LogP contribution in [-0.4, -0.2) is 35.5 Å². The van der Waals surface area contributed by atoms with E-state index in [9.17, 15) is 9.59 Å². The van der Waals surface area contributed by atoms with Crippen LogP contribution in [0.4, 0.5) is 4.79 Å². The summed E-state index contributed by atoms with van der Waals surface area (Å²) in [5, 5.41) is 5.78. The van der Waals surface area contributed by atoms with Gasteiger partial charge in [0, 0.05) is 12.1 Å². The summed E-state index contributed by atoms with van der Waals surface area (Å²) in [7, 11) is 0. The third kappa shape index (κ3) is 4.34. The second kappa shape index (κ2) is 7.63. The maximum Gasteiger partial charge on any atom is 0.321 e. The number of urea groups is 1. The van der Waals surface area contributed by atoms with Crippen molar-refractivity contribution < 1.29 is 9.59 Å². The number of carbonyl (C=O) groups excluding carboxylic acids is 2. The third-order valence-corrected chi connectivity index (χ3v) is 6.73. The van der Waals surface area contributed by atoms with E-state index in [2.05, 4.69) is 22.8 Å². The first-order chi connectivity index (χ1) is 13.0. The van der Waals surface area contributed by atoms with E-state index in [-0.39, 0.29) is 24.0 Å². The van der Waals surface area contributed by atoms with Crippen molar-refractivity contribution in [1.82, 2.24) is 15.5 Å². The van der Waals surface area contributed by atoms with Gasteiger partial charge in [-0.3, -0.25) is 15.0 Å². The molecule has 0 unspecified atom stereocenters. The summed E-state index contributed by atoms with van der Waals surface area (Å²) in [5.41, 5.74) is 1.11. The van der Waals surface area contributed by atoms with Crippen molar-refractivity contribution in [2.45, 2.75) is 57.5 Å². The van der Waals surface area contributed by atoms with Crippen molar-refractivity contribution >= 4 is 11.9 Å². The minimum atomic E-state index is -0.308. The molecule has 0 radical (unpaired) electrons. The Labute approximate surface area is 161 Å². The number of hydrogen-bond acceptors (Lipinski definition) is 3.